The van der Waals surface area contributed by atoms with Crippen molar-refractivity contribution in [3.05, 3.63) is 59.9 Å². The van der Waals surface area contributed by atoms with E-state index in [1.165, 1.54) is 0 Å². The second kappa shape index (κ2) is 7.24. The molecule has 5 heteroatoms. The highest BCUT2D eigenvalue weighted by Crippen LogP contribution is 2.22. The second-order valence-corrected chi connectivity index (χ2v) is 5.68. The smallest absolute Gasteiger partial charge is 0.251 e. The fourth-order valence-corrected chi connectivity index (χ4v) is 2.76. The Hall–Kier alpha value is -2.40. The number of anilines is 1. The zero-order valence-corrected chi connectivity index (χ0v) is 13.2. The molecular weight excluding hydrogens is 290 g/mol. The van der Waals surface area contributed by atoms with E-state index in [0.29, 0.717) is 18.2 Å². The van der Waals surface area contributed by atoms with Crippen LogP contribution in [0.1, 0.15) is 22.3 Å². The number of methoxy groups -OCH3 is 1. The minimum atomic E-state index is -0.0652. The summed E-state index contributed by atoms with van der Waals surface area (Å²) in [5.74, 6) is -0.0652. The molecular formula is C18H21N3O2. The van der Waals surface area contributed by atoms with E-state index in [1.54, 1.807) is 19.5 Å². The van der Waals surface area contributed by atoms with Gasteiger partial charge in [-0.3, -0.25) is 9.78 Å². The number of carbonyl (C=O) groups is 1. The van der Waals surface area contributed by atoms with Crippen molar-refractivity contribution >= 4 is 11.6 Å². The molecule has 1 aromatic heterocycles. The Bertz CT molecular complexity index is 643. The maximum atomic E-state index is 12.2. The topological polar surface area (TPSA) is 54.5 Å². The molecule has 23 heavy (non-hydrogen) atoms. The maximum absolute atomic E-state index is 12.2. The molecule has 1 aromatic carbocycles. The van der Waals surface area contributed by atoms with Crippen LogP contribution in [0.4, 0.5) is 5.69 Å². The molecule has 1 fully saturated rings. The van der Waals surface area contributed by atoms with Crippen LogP contribution in [0.15, 0.2) is 48.8 Å². The second-order valence-electron chi connectivity index (χ2n) is 5.68. The van der Waals surface area contributed by atoms with E-state index in [4.69, 9.17) is 4.74 Å². The molecule has 5 nitrogen and oxygen atoms in total. The molecule has 1 N–H and O–H groups in total. The van der Waals surface area contributed by atoms with E-state index < -0.39 is 0 Å². The molecule has 0 spiro atoms. The van der Waals surface area contributed by atoms with Gasteiger partial charge in [-0.1, -0.05) is 0 Å². The molecule has 0 aliphatic carbocycles. The van der Waals surface area contributed by atoms with Gasteiger partial charge >= 0.3 is 0 Å². The predicted molar refractivity (Wildman–Crippen MR) is 89.5 cm³/mol. The normalized spacial score (nSPS) is 17.3. The molecule has 1 aliphatic rings. The van der Waals surface area contributed by atoms with Crippen molar-refractivity contribution in [2.24, 2.45) is 0 Å². The standard InChI is InChI=1S/C18H21N3O2/c1-23-17-8-11-21(13-17)16-4-2-15(3-5-16)18(22)20-12-14-6-9-19-10-7-14/h2-7,9-10,17H,8,11-13H2,1H3,(H,20,22)/t17-/m1/s1. The van der Waals surface area contributed by atoms with E-state index in [1.807, 2.05) is 36.4 Å². The summed E-state index contributed by atoms with van der Waals surface area (Å²) in [5, 5.41) is 2.92. The summed E-state index contributed by atoms with van der Waals surface area (Å²) in [5.41, 5.74) is 2.84. The highest BCUT2D eigenvalue weighted by atomic mass is 16.5. The number of hydrogen-bond donors (Lipinski definition) is 1. The summed E-state index contributed by atoms with van der Waals surface area (Å²) >= 11 is 0. The number of benzene rings is 1. The van der Waals surface area contributed by atoms with Gasteiger partial charge in [0, 0.05) is 50.4 Å². The van der Waals surface area contributed by atoms with E-state index in [9.17, 15) is 4.79 Å². The van der Waals surface area contributed by atoms with Gasteiger partial charge in [-0.25, -0.2) is 0 Å². The number of hydrogen-bond acceptors (Lipinski definition) is 4. The highest BCUT2D eigenvalue weighted by molar-refractivity contribution is 5.94. The van der Waals surface area contributed by atoms with E-state index in [0.717, 1.165) is 30.8 Å². The van der Waals surface area contributed by atoms with Crippen molar-refractivity contribution in [3.63, 3.8) is 0 Å². The number of nitrogens with one attached hydrogen (secondary N) is 1. The number of nitrogens with zero attached hydrogens (tertiary/aromatic N) is 2. The predicted octanol–water partition coefficient (Wildman–Crippen LogP) is 2.24. The Morgan fingerprint density at radius 2 is 2.00 bits per heavy atom. The van der Waals surface area contributed by atoms with Crippen LogP contribution in [-0.2, 0) is 11.3 Å². The minimum absolute atomic E-state index is 0.0652. The van der Waals surface area contributed by atoms with Crippen LogP contribution in [0.25, 0.3) is 0 Å². The van der Waals surface area contributed by atoms with Crippen LogP contribution in [0, 0.1) is 0 Å². The van der Waals surface area contributed by atoms with Gasteiger partial charge in [-0.2, -0.15) is 0 Å². The van der Waals surface area contributed by atoms with E-state index in [-0.39, 0.29) is 5.91 Å². The van der Waals surface area contributed by atoms with Crippen molar-refractivity contribution in [1.29, 1.82) is 0 Å². The summed E-state index contributed by atoms with van der Waals surface area (Å²) in [6.45, 7) is 2.40. The first kappa shape index (κ1) is 15.5. The zero-order chi connectivity index (χ0) is 16.1. The molecule has 120 valence electrons. The Labute approximate surface area is 136 Å². The van der Waals surface area contributed by atoms with Crippen molar-refractivity contribution in [3.8, 4) is 0 Å². The number of carbonyl (C=O) groups excluding carboxylic acids is 1. The third kappa shape index (κ3) is 3.87. The van der Waals surface area contributed by atoms with Crippen LogP contribution in [-0.4, -0.2) is 37.2 Å². The fourth-order valence-electron chi connectivity index (χ4n) is 2.76. The minimum Gasteiger partial charge on any atom is -0.380 e. The lowest BCUT2D eigenvalue weighted by atomic mass is 10.1. The molecule has 1 aliphatic heterocycles. The summed E-state index contributed by atoms with van der Waals surface area (Å²) in [6.07, 6.45) is 4.79. The first-order valence-electron chi connectivity index (χ1n) is 7.81. The largest absolute Gasteiger partial charge is 0.380 e. The number of pyridine rings is 1. The average Bonchev–Trinajstić information content (AvgIpc) is 3.10. The summed E-state index contributed by atoms with van der Waals surface area (Å²) in [6, 6.07) is 11.5. The lowest BCUT2D eigenvalue weighted by molar-refractivity contribution is 0.0951. The van der Waals surface area contributed by atoms with Crippen molar-refractivity contribution < 1.29 is 9.53 Å². The third-order valence-electron chi connectivity index (χ3n) is 4.18. The fraction of sp³-hybridized carbons (Fsp3) is 0.333. The van der Waals surface area contributed by atoms with Gasteiger partial charge in [0.05, 0.1) is 6.10 Å². The summed E-state index contributed by atoms with van der Waals surface area (Å²) in [4.78, 5) is 18.4. The Kier molecular flexibility index (Phi) is 4.88. The first-order valence-corrected chi connectivity index (χ1v) is 7.81. The van der Waals surface area contributed by atoms with Crippen molar-refractivity contribution in [1.82, 2.24) is 10.3 Å². The Balaban J connectivity index is 1.57. The van der Waals surface area contributed by atoms with Gasteiger partial charge < -0.3 is 15.0 Å². The molecule has 1 amide bonds. The molecule has 3 rings (SSSR count). The van der Waals surface area contributed by atoms with Crippen molar-refractivity contribution in [2.45, 2.75) is 19.1 Å². The SMILES string of the molecule is CO[C@@H]1CCN(c2ccc(C(=O)NCc3ccncc3)cc2)C1. The van der Waals surface area contributed by atoms with Gasteiger partial charge in [0.2, 0.25) is 0 Å². The van der Waals surface area contributed by atoms with Crippen LogP contribution in [0.2, 0.25) is 0 Å². The molecule has 1 saturated heterocycles. The van der Waals surface area contributed by atoms with Gasteiger partial charge in [0.15, 0.2) is 0 Å². The van der Waals surface area contributed by atoms with Gasteiger partial charge in [-0.15, -0.1) is 0 Å². The first-order chi connectivity index (χ1) is 11.3. The van der Waals surface area contributed by atoms with Crippen LogP contribution in [0.3, 0.4) is 0 Å². The van der Waals surface area contributed by atoms with Crippen LogP contribution in [0.5, 0.6) is 0 Å². The Morgan fingerprint density at radius 3 is 2.65 bits per heavy atom. The number of rotatable bonds is 5. The van der Waals surface area contributed by atoms with Crippen molar-refractivity contribution in [2.75, 3.05) is 25.1 Å². The molecule has 0 radical (unpaired) electrons. The molecule has 0 bridgehead atoms. The average molecular weight is 311 g/mol. The highest BCUT2D eigenvalue weighted by Gasteiger charge is 2.22. The summed E-state index contributed by atoms with van der Waals surface area (Å²) in [7, 11) is 1.75. The van der Waals surface area contributed by atoms with Crippen LogP contribution < -0.4 is 10.2 Å². The number of aromatic nitrogens is 1. The maximum Gasteiger partial charge on any atom is 0.251 e. The van der Waals surface area contributed by atoms with Gasteiger partial charge in [0.1, 0.15) is 0 Å². The summed E-state index contributed by atoms with van der Waals surface area (Å²) < 4.78 is 5.39. The number of ether oxygens (including phenoxy) is 1. The lowest BCUT2D eigenvalue weighted by Gasteiger charge is -2.18. The quantitative estimate of drug-likeness (QED) is 0.920. The molecule has 1 atom stereocenters. The monoisotopic (exact) mass is 311 g/mol. The van der Waals surface area contributed by atoms with Gasteiger partial charge in [0.25, 0.3) is 5.91 Å². The molecule has 0 saturated carbocycles. The molecule has 0 unspecified atom stereocenters. The molecule has 2 aromatic rings. The third-order valence-corrected chi connectivity index (χ3v) is 4.18. The van der Waals surface area contributed by atoms with E-state index in [2.05, 4.69) is 15.2 Å². The number of amides is 1. The van der Waals surface area contributed by atoms with Crippen LogP contribution >= 0.6 is 0 Å². The van der Waals surface area contributed by atoms with E-state index >= 15 is 0 Å². The zero-order valence-electron chi connectivity index (χ0n) is 13.2. The van der Waals surface area contributed by atoms with Gasteiger partial charge in [-0.05, 0) is 48.4 Å². The lowest BCUT2D eigenvalue weighted by Crippen LogP contribution is -2.24. The Morgan fingerprint density at radius 1 is 1.26 bits per heavy atom. The molecule has 2 heterocycles.